The van der Waals surface area contributed by atoms with E-state index in [9.17, 15) is 8.78 Å². The van der Waals surface area contributed by atoms with Gasteiger partial charge in [0.25, 0.3) is 5.92 Å². The molecule has 154 valence electrons. The van der Waals surface area contributed by atoms with E-state index in [0.717, 1.165) is 5.82 Å². The number of nitrogen functional groups attached to an aromatic ring is 1. The van der Waals surface area contributed by atoms with Crippen LogP contribution < -0.4 is 15.5 Å². The molecule has 5 rings (SSSR count). The third-order valence-electron chi connectivity index (χ3n) is 6.08. The van der Waals surface area contributed by atoms with E-state index in [4.69, 9.17) is 15.5 Å². The van der Waals surface area contributed by atoms with Gasteiger partial charge >= 0.3 is 0 Å². The summed E-state index contributed by atoms with van der Waals surface area (Å²) in [6.07, 6.45) is 3.73. The zero-order valence-corrected chi connectivity index (χ0v) is 16.2. The molecule has 29 heavy (non-hydrogen) atoms. The molecular weight excluding hydrogens is 380 g/mol. The van der Waals surface area contributed by atoms with Crippen LogP contribution in [0.5, 0.6) is 0 Å². The Morgan fingerprint density at radius 1 is 1.17 bits per heavy atom. The minimum atomic E-state index is -2.58. The minimum Gasteiger partial charge on any atom is -0.375 e. The third kappa shape index (κ3) is 3.25. The average molecular weight is 403 g/mol. The molecule has 10 heteroatoms. The summed E-state index contributed by atoms with van der Waals surface area (Å²) in [4.78, 5) is 21.5. The van der Waals surface area contributed by atoms with E-state index in [1.807, 2.05) is 17.9 Å². The van der Waals surface area contributed by atoms with Gasteiger partial charge in [-0.3, -0.25) is 0 Å². The van der Waals surface area contributed by atoms with Crippen LogP contribution in [0.3, 0.4) is 0 Å². The van der Waals surface area contributed by atoms with Crippen molar-refractivity contribution < 1.29 is 13.5 Å². The highest BCUT2D eigenvalue weighted by atomic mass is 19.3. The first-order valence-corrected chi connectivity index (χ1v) is 9.82. The van der Waals surface area contributed by atoms with Crippen molar-refractivity contribution in [1.29, 1.82) is 0 Å². The van der Waals surface area contributed by atoms with Crippen molar-refractivity contribution in [1.82, 2.24) is 19.9 Å². The summed E-state index contributed by atoms with van der Waals surface area (Å²) in [5, 5.41) is 0. The Kier molecular flexibility index (Phi) is 4.09. The Morgan fingerprint density at radius 2 is 1.93 bits per heavy atom. The molecule has 2 aromatic rings. The lowest BCUT2D eigenvalue weighted by Crippen LogP contribution is -2.41. The molecule has 0 radical (unpaired) electrons. The van der Waals surface area contributed by atoms with Gasteiger partial charge in [0, 0.05) is 56.6 Å². The van der Waals surface area contributed by atoms with Gasteiger partial charge in [-0.25, -0.2) is 23.7 Å². The molecule has 4 heterocycles. The number of rotatable bonds is 3. The molecule has 8 nitrogen and oxygen atoms in total. The first kappa shape index (κ1) is 18.4. The fourth-order valence-electron chi connectivity index (χ4n) is 4.24. The van der Waals surface area contributed by atoms with E-state index in [1.54, 1.807) is 12.4 Å². The lowest BCUT2D eigenvalue weighted by atomic mass is 10.1. The Labute approximate surface area is 167 Å². The highest BCUT2D eigenvalue weighted by Crippen LogP contribution is 2.65. The maximum atomic E-state index is 13.9. The van der Waals surface area contributed by atoms with Gasteiger partial charge in [0.15, 0.2) is 0 Å². The van der Waals surface area contributed by atoms with Crippen molar-refractivity contribution in [2.24, 2.45) is 5.41 Å². The highest BCUT2D eigenvalue weighted by molar-refractivity contribution is 5.64. The van der Waals surface area contributed by atoms with Crippen LogP contribution in [0.2, 0.25) is 0 Å². The van der Waals surface area contributed by atoms with E-state index >= 15 is 0 Å². The minimum absolute atomic E-state index is 0.0458. The molecule has 2 atom stereocenters. The summed E-state index contributed by atoms with van der Waals surface area (Å²) >= 11 is 0. The Balaban J connectivity index is 1.51. The van der Waals surface area contributed by atoms with Crippen molar-refractivity contribution in [2.45, 2.75) is 31.8 Å². The molecule has 3 aliphatic rings. The Morgan fingerprint density at radius 3 is 2.59 bits per heavy atom. The number of hydrogen-bond donors (Lipinski definition) is 1. The predicted molar refractivity (Wildman–Crippen MR) is 104 cm³/mol. The molecule has 0 amide bonds. The zero-order valence-electron chi connectivity index (χ0n) is 16.2. The SMILES string of the molecule is C[C@H]1CN(c2cc(-c3cnc(N)nc3)nc(N3CCC4(C3)CC4(F)F)n2)CCO1. The van der Waals surface area contributed by atoms with Crippen molar-refractivity contribution in [3.05, 3.63) is 18.5 Å². The number of nitrogens with two attached hydrogens (primary N) is 1. The van der Waals surface area contributed by atoms with Crippen molar-refractivity contribution >= 4 is 17.7 Å². The van der Waals surface area contributed by atoms with Crippen LogP contribution in [-0.2, 0) is 4.74 Å². The quantitative estimate of drug-likeness (QED) is 0.832. The topological polar surface area (TPSA) is 93.3 Å². The summed E-state index contributed by atoms with van der Waals surface area (Å²) in [6.45, 7) is 4.84. The number of nitrogens with zero attached hydrogens (tertiary/aromatic N) is 6. The largest absolute Gasteiger partial charge is 0.375 e. The van der Waals surface area contributed by atoms with Crippen LogP contribution in [0.1, 0.15) is 19.8 Å². The van der Waals surface area contributed by atoms with E-state index < -0.39 is 11.3 Å². The van der Waals surface area contributed by atoms with Gasteiger partial charge in [-0.2, -0.15) is 4.98 Å². The monoisotopic (exact) mass is 403 g/mol. The van der Waals surface area contributed by atoms with Crippen LogP contribution in [0.15, 0.2) is 18.5 Å². The normalized spacial score (nSPS) is 28.2. The van der Waals surface area contributed by atoms with E-state index in [2.05, 4.69) is 19.9 Å². The number of anilines is 3. The molecule has 0 aromatic carbocycles. The molecule has 2 saturated heterocycles. The summed E-state index contributed by atoms with van der Waals surface area (Å²) in [5.74, 6) is -1.18. The van der Waals surface area contributed by atoms with E-state index in [1.165, 1.54) is 0 Å². The molecule has 1 unspecified atom stereocenters. The number of halogens is 2. The van der Waals surface area contributed by atoms with Crippen LogP contribution in [0, 0.1) is 5.41 Å². The maximum absolute atomic E-state index is 13.9. The number of morpholine rings is 1. The second-order valence-corrected chi connectivity index (χ2v) is 8.20. The highest BCUT2D eigenvalue weighted by Gasteiger charge is 2.72. The smallest absolute Gasteiger partial charge is 0.256 e. The average Bonchev–Trinajstić information content (AvgIpc) is 3.01. The van der Waals surface area contributed by atoms with Gasteiger partial charge in [-0.15, -0.1) is 0 Å². The standard InChI is InChI=1S/C19H23F2N7O/c1-12-9-27(4-5-29-12)15-6-14(13-7-23-16(22)24-8-13)25-17(26-15)28-3-2-18(11-28)10-19(18,20)21/h6-8,12H,2-5,9-11H2,1H3,(H2,22,23,24)/t12-,18?/m0/s1. The van der Waals surface area contributed by atoms with Crippen LogP contribution in [0.4, 0.5) is 26.5 Å². The Hall–Kier alpha value is -2.62. The summed E-state index contributed by atoms with van der Waals surface area (Å²) in [6, 6.07) is 1.88. The first-order valence-electron chi connectivity index (χ1n) is 9.82. The zero-order chi connectivity index (χ0) is 20.2. The van der Waals surface area contributed by atoms with Gasteiger partial charge in [0.05, 0.1) is 23.8 Å². The number of hydrogen-bond acceptors (Lipinski definition) is 8. The predicted octanol–water partition coefficient (Wildman–Crippen LogP) is 1.98. The van der Waals surface area contributed by atoms with Crippen molar-refractivity contribution in [2.75, 3.05) is 48.3 Å². The molecule has 2 N–H and O–H groups in total. The van der Waals surface area contributed by atoms with Gasteiger partial charge < -0.3 is 20.3 Å². The van der Waals surface area contributed by atoms with Gasteiger partial charge in [0.1, 0.15) is 5.82 Å². The lowest BCUT2D eigenvalue weighted by Gasteiger charge is -2.32. The summed E-state index contributed by atoms with van der Waals surface area (Å²) in [5.41, 5.74) is 6.04. The molecule has 2 aromatic heterocycles. The molecule has 1 saturated carbocycles. The molecular formula is C19H23F2N7O. The van der Waals surface area contributed by atoms with Gasteiger partial charge in [-0.05, 0) is 13.3 Å². The van der Waals surface area contributed by atoms with Crippen molar-refractivity contribution in [3.63, 3.8) is 0 Å². The molecule has 1 aliphatic carbocycles. The third-order valence-corrected chi connectivity index (χ3v) is 6.08. The molecule has 0 bridgehead atoms. The first-order chi connectivity index (χ1) is 13.9. The molecule has 2 aliphatic heterocycles. The fraction of sp³-hybridized carbons (Fsp3) is 0.579. The second kappa shape index (κ2) is 6.45. The van der Waals surface area contributed by atoms with E-state index in [-0.39, 0.29) is 25.0 Å². The number of aromatic nitrogens is 4. The van der Waals surface area contributed by atoms with Crippen LogP contribution in [-0.4, -0.2) is 64.7 Å². The van der Waals surface area contributed by atoms with Gasteiger partial charge in [0.2, 0.25) is 11.9 Å². The van der Waals surface area contributed by atoms with Crippen molar-refractivity contribution in [3.8, 4) is 11.3 Å². The van der Waals surface area contributed by atoms with Crippen LogP contribution in [0.25, 0.3) is 11.3 Å². The second-order valence-electron chi connectivity index (χ2n) is 8.20. The maximum Gasteiger partial charge on any atom is 0.256 e. The molecule has 1 spiro atoms. The lowest BCUT2D eigenvalue weighted by molar-refractivity contribution is 0.0529. The summed E-state index contributed by atoms with van der Waals surface area (Å²) in [7, 11) is 0. The van der Waals surface area contributed by atoms with E-state index in [0.29, 0.717) is 49.9 Å². The van der Waals surface area contributed by atoms with Crippen LogP contribution >= 0.6 is 0 Å². The number of ether oxygens (including phenoxy) is 1. The van der Waals surface area contributed by atoms with Gasteiger partial charge in [-0.1, -0.05) is 0 Å². The molecule has 3 fully saturated rings. The fourth-order valence-corrected chi connectivity index (χ4v) is 4.24. The Bertz CT molecular complexity index is 925. The number of alkyl halides is 2. The summed E-state index contributed by atoms with van der Waals surface area (Å²) < 4.78 is 33.4.